The van der Waals surface area contributed by atoms with E-state index in [9.17, 15) is 9.59 Å². The first-order chi connectivity index (χ1) is 15.7. The van der Waals surface area contributed by atoms with E-state index in [0.717, 1.165) is 16.7 Å². The van der Waals surface area contributed by atoms with Crippen LogP contribution in [-0.4, -0.2) is 5.78 Å². The molecule has 5 aromatic rings. The number of carbonyl (C=O) groups is 1. The topological polar surface area (TPSA) is 47.3 Å². The monoisotopic (exact) mass is 416 g/mol. The van der Waals surface area contributed by atoms with Crippen molar-refractivity contribution in [3.8, 4) is 0 Å². The first kappa shape index (κ1) is 19.7. The molecule has 0 spiro atoms. The van der Waals surface area contributed by atoms with E-state index in [0.29, 0.717) is 16.5 Å². The lowest BCUT2D eigenvalue weighted by Gasteiger charge is -2.19. The number of hydrogen-bond donors (Lipinski definition) is 0. The molecule has 0 saturated heterocycles. The van der Waals surface area contributed by atoms with Crippen LogP contribution in [0.3, 0.4) is 0 Å². The zero-order chi connectivity index (χ0) is 21.9. The zero-order valence-corrected chi connectivity index (χ0v) is 17.3. The highest BCUT2D eigenvalue weighted by atomic mass is 16.4. The fourth-order valence-electron chi connectivity index (χ4n) is 4.08. The molecule has 5 rings (SSSR count). The Morgan fingerprint density at radius 2 is 1.19 bits per heavy atom. The molecule has 3 nitrogen and oxygen atoms in total. The third-order valence-corrected chi connectivity index (χ3v) is 5.64. The second-order valence-corrected chi connectivity index (χ2v) is 7.69. The third-order valence-electron chi connectivity index (χ3n) is 5.64. The minimum atomic E-state index is -0.625. The molecule has 4 aromatic carbocycles. The van der Waals surface area contributed by atoms with E-state index in [-0.39, 0.29) is 17.3 Å². The minimum absolute atomic E-state index is 0.00210. The highest BCUT2D eigenvalue weighted by Crippen LogP contribution is 2.33. The summed E-state index contributed by atoms with van der Waals surface area (Å²) >= 11 is 0. The van der Waals surface area contributed by atoms with Crippen LogP contribution in [0.2, 0.25) is 0 Å². The lowest BCUT2D eigenvalue weighted by Crippen LogP contribution is -2.14. The van der Waals surface area contributed by atoms with Crippen LogP contribution < -0.4 is 5.63 Å². The molecule has 0 saturated carbocycles. The van der Waals surface area contributed by atoms with Crippen molar-refractivity contribution in [2.75, 3.05) is 0 Å². The average Bonchev–Trinajstić information content (AvgIpc) is 2.85. The fourth-order valence-corrected chi connectivity index (χ4v) is 4.08. The van der Waals surface area contributed by atoms with Crippen molar-refractivity contribution in [2.45, 2.75) is 5.92 Å². The predicted molar refractivity (Wildman–Crippen MR) is 126 cm³/mol. The van der Waals surface area contributed by atoms with Crippen LogP contribution in [0, 0.1) is 0 Å². The Balaban J connectivity index is 1.61. The average molecular weight is 416 g/mol. The molecular formula is C29H20O3. The lowest BCUT2D eigenvalue weighted by molar-refractivity contribution is 0.103. The number of benzene rings is 4. The van der Waals surface area contributed by atoms with Gasteiger partial charge in [0.15, 0.2) is 5.78 Å². The molecule has 0 aliphatic carbocycles. The summed E-state index contributed by atoms with van der Waals surface area (Å²) in [5, 5.41) is 0.715. The standard InChI is InChI=1S/C29H20O3/c30-28(22-14-8-3-9-15-22)25-18-23-16-17-24(19-26(23)32-29(25)31)27(20-10-4-1-5-11-20)21-12-6-2-7-13-21/h1-19,27H. The maximum Gasteiger partial charge on any atom is 0.347 e. The molecule has 3 heteroatoms. The molecule has 0 atom stereocenters. The van der Waals surface area contributed by atoms with Gasteiger partial charge in [-0.2, -0.15) is 0 Å². The fraction of sp³-hybridized carbons (Fsp3) is 0.0345. The summed E-state index contributed by atoms with van der Waals surface area (Å²) in [6.45, 7) is 0. The maximum atomic E-state index is 12.8. The molecule has 0 fully saturated rings. The first-order valence-electron chi connectivity index (χ1n) is 10.5. The molecule has 0 aliphatic heterocycles. The second-order valence-electron chi connectivity index (χ2n) is 7.69. The van der Waals surface area contributed by atoms with Gasteiger partial charge in [0.25, 0.3) is 0 Å². The number of ketones is 1. The second kappa shape index (κ2) is 8.48. The van der Waals surface area contributed by atoms with Gasteiger partial charge in [0.2, 0.25) is 0 Å². The molecule has 1 heterocycles. The van der Waals surface area contributed by atoms with Crippen molar-refractivity contribution >= 4 is 16.8 Å². The predicted octanol–water partition coefficient (Wildman–Crippen LogP) is 6.20. The van der Waals surface area contributed by atoms with E-state index in [4.69, 9.17) is 4.42 Å². The van der Waals surface area contributed by atoms with Crippen LogP contribution >= 0.6 is 0 Å². The summed E-state index contributed by atoms with van der Waals surface area (Å²) in [7, 11) is 0. The van der Waals surface area contributed by atoms with Gasteiger partial charge in [-0.3, -0.25) is 4.79 Å². The maximum absolute atomic E-state index is 12.8. The molecule has 154 valence electrons. The number of carbonyl (C=O) groups excluding carboxylic acids is 1. The van der Waals surface area contributed by atoms with Crippen molar-refractivity contribution in [1.82, 2.24) is 0 Å². The number of hydrogen-bond acceptors (Lipinski definition) is 3. The van der Waals surface area contributed by atoms with E-state index in [1.165, 1.54) is 0 Å². The van der Waals surface area contributed by atoms with Gasteiger partial charge in [0.1, 0.15) is 11.1 Å². The van der Waals surface area contributed by atoms with E-state index in [2.05, 4.69) is 24.3 Å². The molecule has 1 aromatic heterocycles. The van der Waals surface area contributed by atoms with Crippen molar-refractivity contribution in [2.24, 2.45) is 0 Å². The largest absolute Gasteiger partial charge is 0.422 e. The van der Waals surface area contributed by atoms with Crippen LogP contribution in [0.4, 0.5) is 0 Å². The van der Waals surface area contributed by atoms with E-state index in [1.54, 1.807) is 30.3 Å². The minimum Gasteiger partial charge on any atom is -0.422 e. The summed E-state index contributed by atoms with van der Waals surface area (Å²) in [5.41, 5.74) is 3.66. The van der Waals surface area contributed by atoms with Crippen LogP contribution in [0.15, 0.2) is 124 Å². The van der Waals surface area contributed by atoms with Gasteiger partial charge in [-0.25, -0.2) is 4.79 Å². The van der Waals surface area contributed by atoms with E-state index in [1.807, 2.05) is 60.7 Å². The van der Waals surface area contributed by atoms with Crippen molar-refractivity contribution in [3.05, 3.63) is 153 Å². The van der Waals surface area contributed by atoms with Gasteiger partial charge in [0.05, 0.1) is 0 Å². The van der Waals surface area contributed by atoms with E-state index < -0.39 is 5.63 Å². The summed E-state index contributed by atoms with van der Waals surface area (Å²) in [6, 6.07) is 36.7. The Hall–Kier alpha value is -4.24. The third kappa shape index (κ3) is 3.77. The molecule has 0 N–H and O–H groups in total. The Morgan fingerprint density at radius 1 is 0.625 bits per heavy atom. The van der Waals surface area contributed by atoms with Crippen molar-refractivity contribution < 1.29 is 9.21 Å². The van der Waals surface area contributed by atoms with Gasteiger partial charge >= 0.3 is 5.63 Å². The summed E-state index contributed by atoms with van der Waals surface area (Å²) in [5.74, 6) is -0.338. The highest BCUT2D eigenvalue weighted by molar-refractivity contribution is 6.09. The highest BCUT2D eigenvalue weighted by Gasteiger charge is 2.19. The molecule has 0 bridgehead atoms. The van der Waals surface area contributed by atoms with Crippen LogP contribution in [0.1, 0.15) is 38.5 Å². The van der Waals surface area contributed by atoms with Gasteiger partial charge < -0.3 is 4.42 Å². The Labute approximate surface area is 185 Å². The smallest absolute Gasteiger partial charge is 0.347 e. The molecule has 32 heavy (non-hydrogen) atoms. The Kier molecular flexibility index (Phi) is 5.22. The molecule has 0 aliphatic rings. The van der Waals surface area contributed by atoms with Gasteiger partial charge in [-0.05, 0) is 28.8 Å². The number of rotatable bonds is 5. The molecular weight excluding hydrogens is 396 g/mol. The summed E-state index contributed by atoms with van der Waals surface area (Å²) in [4.78, 5) is 25.5. The van der Waals surface area contributed by atoms with Crippen LogP contribution in [0.5, 0.6) is 0 Å². The van der Waals surface area contributed by atoms with Crippen LogP contribution in [-0.2, 0) is 0 Å². The summed E-state index contributed by atoms with van der Waals surface area (Å²) in [6.07, 6.45) is 0. The van der Waals surface area contributed by atoms with Gasteiger partial charge in [-0.15, -0.1) is 0 Å². The van der Waals surface area contributed by atoms with E-state index >= 15 is 0 Å². The molecule has 0 unspecified atom stereocenters. The van der Waals surface area contributed by atoms with Crippen molar-refractivity contribution in [1.29, 1.82) is 0 Å². The summed E-state index contributed by atoms with van der Waals surface area (Å²) < 4.78 is 5.62. The molecule has 0 amide bonds. The quantitative estimate of drug-likeness (QED) is 0.195. The van der Waals surface area contributed by atoms with Gasteiger partial charge in [-0.1, -0.05) is 103 Å². The zero-order valence-electron chi connectivity index (χ0n) is 17.3. The van der Waals surface area contributed by atoms with Crippen LogP contribution in [0.25, 0.3) is 11.0 Å². The first-order valence-corrected chi connectivity index (χ1v) is 10.5. The number of fused-ring (bicyclic) bond motifs is 1. The lowest BCUT2D eigenvalue weighted by atomic mass is 9.85. The SMILES string of the molecule is O=C(c1ccccc1)c1cc2ccc(C(c3ccccc3)c3ccccc3)cc2oc1=O. The Morgan fingerprint density at radius 3 is 1.78 bits per heavy atom. The Bertz CT molecular complexity index is 1400. The van der Waals surface area contributed by atoms with Gasteiger partial charge in [0, 0.05) is 16.9 Å². The molecule has 0 radical (unpaired) electrons. The van der Waals surface area contributed by atoms with Crippen molar-refractivity contribution in [3.63, 3.8) is 0 Å². The normalized spacial score (nSPS) is 11.0.